The third-order valence-electron chi connectivity index (χ3n) is 0.921. The van der Waals surface area contributed by atoms with E-state index in [0.717, 1.165) is 12.8 Å². The van der Waals surface area contributed by atoms with Crippen molar-refractivity contribution in [2.75, 3.05) is 12.4 Å². The predicted octanol–water partition coefficient (Wildman–Crippen LogP) is 1.48. The van der Waals surface area contributed by atoms with Gasteiger partial charge < -0.3 is 0 Å². The average Bonchev–Trinajstić information content (AvgIpc) is 1.84. The van der Waals surface area contributed by atoms with Gasteiger partial charge in [-0.25, -0.2) is 4.21 Å². The van der Waals surface area contributed by atoms with Crippen LogP contribution in [0.3, 0.4) is 0 Å². The molecule has 0 aliphatic carbocycles. The third-order valence-corrected chi connectivity index (χ3v) is 3.14. The van der Waals surface area contributed by atoms with Crippen LogP contribution in [0.1, 0.15) is 26.7 Å². The van der Waals surface area contributed by atoms with Gasteiger partial charge in [0.15, 0.2) is 0 Å². The number of hydrogen-bond donors (Lipinski definition) is 0. The zero-order valence-corrected chi connectivity index (χ0v) is 8.09. The molecule has 0 amide bonds. The maximum absolute atomic E-state index is 11.1. The first-order valence-electron chi connectivity index (χ1n) is 3.49. The van der Waals surface area contributed by atoms with Crippen LogP contribution in [0.15, 0.2) is 0 Å². The van der Waals surface area contributed by atoms with E-state index in [9.17, 15) is 4.21 Å². The lowest BCUT2D eigenvalue weighted by atomic mass is 10.5. The van der Waals surface area contributed by atoms with Gasteiger partial charge in [0, 0.05) is 16.9 Å². The molecule has 0 rings (SSSR count). The van der Waals surface area contributed by atoms with Crippen molar-refractivity contribution in [3.8, 4) is 0 Å². The molecule has 0 saturated heterocycles. The summed E-state index contributed by atoms with van der Waals surface area (Å²) >= 11 is 4.71. The van der Waals surface area contributed by atoms with E-state index in [-0.39, 0.29) is 0 Å². The monoisotopic (exact) mass is 182 g/mol. The lowest BCUT2D eigenvalue weighted by Crippen LogP contribution is -2.08. The first-order valence-corrected chi connectivity index (χ1v) is 6.07. The van der Waals surface area contributed by atoms with E-state index in [2.05, 4.69) is 0 Å². The maximum Gasteiger partial charge on any atom is 0.144 e. The smallest absolute Gasteiger partial charge is 0.144 e. The highest BCUT2D eigenvalue weighted by Crippen LogP contribution is 1.97. The van der Waals surface area contributed by atoms with Gasteiger partial charge >= 0.3 is 0 Å². The summed E-state index contributed by atoms with van der Waals surface area (Å²) in [6, 6.07) is 0. The summed E-state index contributed by atoms with van der Waals surface area (Å²) in [4.78, 5) is 0. The van der Waals surface area contributed by atoms with E-state index in [1.165, 1.54) is 0 Å². The Morgan fingerprint density at radius 2 is 2.00 bits per heavy atom. The van der Waals surface area contributed by atoms with E-state index in [1.54, 1.807) is 0 Å². The first kappa shape index (κ1) is 10.3. The highest BCUT2D eigenvalue weighted by molar-refractivity contribution is 8.30. The second-order valence-corrected chi connectivity index (χ2v) is 5.37. The van der Waals surface area contributed by atoms with Gasteiger partial charge in [-0.15, -0.1) is 0 Å². The van der Waals surface area contributed by atoms with Crippen LogP contribution in [0.5, 0.6) is 0 Å². The van der Waals surface area contributed by atoms with Crippen LogP contribution in [-0.4, -0.2) is 16.6 Å². The SMILES string of the molecule is CCCOS(=O)(=S)CCC. The molecule has 10 heavy (non-hydrogen) atoms. The summed E-state index contributed by atoms with van der Waals surface area (Å²) in [7, 11) is -2.36. The molecule has 0 aliphatic rings. The zero-order valence-electron chi connectivity index (χ0n) is 6.46. The maximum atomic E-state index is 11.1. The van der Waals surface area contributed by atoms with Crippen molar-refractivity contribution in [3.63, 3.8) is 0 Å². The molecule has 0 spiro atoms. The first-order chi connectivity index (χ1) is 4.62. The summed E-state index contributed by atoms with van der Waals surface area (Å²) in [6.45, 7) is 4.43. The van der Waals surface area contributed by atoms with E-state index in [4.69, 9.17) is 15.4 Å². The highest BCUT2D eigenvalue weighted by Gasteiger charge is 2.02. The van der Waals surface area contributed by atoms with Crippen molar-refractivity contribution < 1.29 is 8.39 Å². The summed E-state index contributed by atoms with van der Waals surface area (Å²) < 4.78 is 16.1. The normalized spacial score (nSPS) is 16.6. The minimum absolute atomic E-state index is 0.502. The lowest BCUT2D eigenvalue weighted by molar-refractivity contribution is 0.345. The Morgan fingerprint density at radius 3 is 2.40 bits per heavy atom. The zero-order chi connectivity index (χ0) is 8.04. The van der Waals surface area contributed by atoms with E-state index >= 15 is 0 Å². The van der Waals surface area contributed by atoms with Crippen molar-refractivity contribution in [1.29, 1.82) is 0 Å². The van der Waals surface area contributed by atoms with Crippen molar-refractivity contribution in [2.24, 2.45) is 0 Å². The van der Waals surface area contributed by atoms with Crippen LogP contribution in [0.25, 0.3) is 0 Å². The van der Waals surface area contributed by atoms with Gasteiger partial charge in [0.25, 0.3) is 0 Å². The Bertz CT molecular complexity index is 161. The van der Waals surface area contributed by atoms with Crippen LogP contribution in [0, 0.1) is 0 Å². The molecule has 0 bridgehead atoms. The minimum atomic E-state index is -2.36. The molecule has 0 aromatic carbocycles. The van der Waals surface area contributed by atoms with E-state index in [0.29, 0.717) is 12.4 Å². The van der Waals surface area contributed by atoms with Crippen molar-refractivity contribution in [3.05, 3.63) is 0 Å². The molecule has 0 aliphatic heterocycles. The second-order valence-electron chi connectivity index (χ2n) is 2.08. The molecule has 4 heteroatoms. The molecule has 0 fully saturated rings. The molecular formula is C6H14O2S2. The van der Waals surface area contributed by atoms with Gasteiger partial charge in [-0.1, -0.05) is 13.8 Å². The summed E-state index contributed by atoms with van der Waals surface area (Å²) in [6.07, 6.45) is 1.70. The summed E-state index contributed by atoms with van der Waals surface area (Å²) in [5.41, 5.74) is 0. The fourth-order valence-electron chi connectivity index (χ4n) is 0.519. The van der Waals surface area contributed by atoms with Crippen LogP contribution >= 0.6 is 0 Å². The number of hydrogen-bond acceptors (Lipinski definition) is 3. The molecule has 0 heterocycles. The Morgan fingerprint density at radius 1 is 1.40 bits per heavy atom. The largest absolute Gasteiger partial charge is 0.290 e. The molecule has 62 valence electrons. The Kier molecular flexibility index (Phi) is 5.21. The van der Waals surface area contributed by atoms with Gasteiger partial charge in [-0.05, 0) is 12.8 Å². The molecule has 0 N–H and O–H groups in total. The highest BCUT2D eigenvalue weighted by atomic mass is 32.8. The molecular weight excluding hydrogens is 168 g/mol. The van der Waals surface area contributed by atoms with Gasteiger partial charge in [0.2, 0.25) is 0 Å². The van der Waals surface area contributed by atoms with Gasteiger partial charge in [0.1, 0.15) is 8.77 Å². The minimum Gasteiger partial charge on any atom is -0.290 e. The van der Waals surface area contributed by atoms with E-state index < -0.39 is 8.77 Å². The molecule has 1 atom stereocenters. The second kappa shape index (κ2) is 5.04. The van der Waals surface area contributed by atoms with Crippen LogP contribution in [0.4, 0.5) is 0 Å². The topological polar surface area (TPSA) is 26.3 Å². The van der Waals surface area contributed by atoms with Crippen LogP contribution < -0.4 is 0 Å². The van der Waals surface area contributed by atoms with Gasteiger partial charge in [-0.3, -0.25) is 4.18 Å². The van der Waals surface area contributed by atoms with Crippen molar-refractivity contribution >= 4 is 20.0 Å². The van der Waals surface area contributed by atoms with Gasteiger partial charge in [0.05, 0.1) is 6.61 Å². The average molecular weight is 182 g/mol. The quantitative estimate of drug-likeness (QED) is 0.644. The molecule has 1 unspecified atom stereocenters. The standard InChI is InChI=1S/C6H14O2S2/c1-3-5-8-10(7,9)6-4-2/h3-6H2,1-2H3. The molecule has 2 nitrogen and oxygen atoms in total. The predicted molar refractivity (Wildman–Crippen MR) is 46.9 cm³/mol. The Labute approximate surface area is 67.8 Å². The summed E-state index contributed by atoms with van der Waals surface area (Å²) in [5.74, 6) is 0.502. The molecule has 0 aromatic heterocycles. The Hall–Kier alpha value is 0.330. The molecule has 0 radical (unpaired) electrons. The Balaban J connectivity index is 3.65. The van der Waals surface area contributed by atoms with Crippen molar-refractivity contribution in [2.45, 2.75) is 26.7 Å². The molecule has 0 saturated carbocycles. The van der Waals surface area contributed by atoms with Crippen molar-refractivity contribution in [1.82, 2.24) is 0 Å². The van der Waals surface area contributed by atoms with Crippen LogP contribution in [-0.2, 0) is 24.1 Å². The summed E-state index contributed by atoms with van der Waals surface area (Å²) in [5, 5.41) is 0. The fraction of sp³-hybridized carbons (Fsp3) is 1.00. The number of rotatable bonds is 5. The van der Waals surface area contributed by atoms with Crippen LogP contribution in [0.2, 0.25) is 0 Å². The van der Waals surface area contributed by atoms with E-state index in [1.807, 2.05) is 13.8 Å². The fourth-order valence-corrected chi connectivity index (χ4v) is 2.26. The lowest BCUT2D eigenvalue weighted by Gasteiger charge is -2.04. The van der Waals surface area contributed by atoms with Gasteiger partial charge in [-0.2, -0.15) is 0 Å². The molecule has 0 aromatic rings. The third kappa shape index (κ3) is 5.14.